The molecule has 0 bridgehead atoms. The molecule has 0 fully saturated rings. The summed E-state index contributed by atoms with van der Waals surface area (Å²) in [6.45, 7) is 2.28. The summed E-state index contributed by atoms with van der Waals surface area (Å²) < 4.78 is 61.3. The first kappa shape index (κ1) is 20.9. The molecule has 31 heavy (non-hydrogen) atoms. The number of ether oxygens (including phenoxy) is 1. The van der Waals surface area contributed by atoms with Gasteiger partial charge < -0.3 is 4.74 Å². The van der Waals surface area contributed by atoms with Crippen LogP contribution in [0.5, 0.6) is 5.75 Å². The first-order valence-corrected chi connectivity index (χ1v) is 10.0. The van der Waals surface area contributed by atoms with Crippen molar-refractivity contribution in [2.24, 2.45) is 0 Å². The van der Waals surface area contributed by atoms with Crippen LogP contribution in [0.1, 0.15) is 18.1 Å². The topological polar surface area (TPSA) is 9.23 Å². The smallest absolute Gasteiger partial charge is 0.159 e. The van der Waals surface area contributed by atoms with Gasteiger partial charge in [0.1, 0.15) is 17.4 Å². The molecule has 0 spiro atoms. The summed E-state index contributed by atoms with van der Waals surface area (Å²) in [4.78, 5) is 0. The number of benzene rings is 4. The zero-order valence-corrected chi connectivity index (χ0v) is 16.9. The average Bonchev–Trinajstić information content (AvgIpc) is 2.76. The van der Waals surface area contributed by atoms with Gasteiger partial charge in [-0.15, -0.1) is 0 Å². The zero-order chi connectivity index (χ0) is 22.0. The Morgan fingerprint density at radius 1 is 0.710 bits per heavy atom. The number of fused-ring (bicyclic) bond motifs is 1. The predicted octanol–water partition coefficient (Wildman–Crippen LogP) is 7.25. The van der Waals surface area contributed by atoms with E-state index in [4.69, 9.17) is 4.74 Å². The zero-order valence-electron chi connectivity index (χ0n) is 16.9. The largest absolute Gasteiger partial charge is 0.494 e. The Hall–Kier alpha value is -3.34. The Kier molecular flexibility index (Phi) is 5.94. The van der Waals surface area contributed by atoms with Gasteiger partial charge in [0.2, 0.25) is 0 Å². The van der Waals surface area contributed by atoms with E-state index in [0.717, 1.165) is 12.1 Å². The molecule has 0 amide bonds. The van der Waals surface area contributed by atoms with Gasteiger partial charge in [-0.2, -0.15) is 0 Å². The van der Waals surface area contributed by atoms with E-state index in [1.165, 1.54) is 12.1 Å². The van der Waals surface area contributed by atoms with Crippen LogP contribution in [-0.4, -0.2) is 6.61 Å². The molecule has 4 aromatic carbocycles. The van der Waals surface area contributed by atoms with Crippen molar-refractivity contribution in [2.75, 3.05) is 6.61 Å². The Bertz CT molecular complexity index is 1250. The highest BCUT2D eigenvalue weighted by Gasteiger charge is 2.12. The molecule has 0 aliphatic rings. The molecule has 0 radical (unpaired) electrons. The van der Waals surface area contributed by atoms with Crippen molar-refractivity contribution in [1.82, 2.24) is 0 Å². The molecule has 0 N–H and O–H groups in total. The van der Waals surface area contributed by atoms with E-state index in [2.05, 4.69) is 0 Å². The quantitative estimate of drug-likeness (QED) is 0.296. The fourth-order valence-corrected chi connectivity index (χ4v) is 3.66. The SMILES string of the molecule is CCOc1ccc(-c2ccc3c(F)c(CCc4ccc(F)c(F)c4)ccc3c2)c(F)c1. The molecule has 0 aliphatic carbocycles. The van der Waals surface area contributed by atoms with Gasteiger partial charge >= 0.3 is 0 Å². The first-order chi connectivity index (χ1) is 15.0. The van der Waals surface area contributed by atoms with Gasteiger partial charge in [-0.25, -0.2) is 17.6 Å². The number of hydrogen-bond acceptors (Lipinski definition) is 1. The second-order valence-corrected chi connectivity index (χ2v) is 7.30. The Morgan fingerprint density at radius 3 is 2.29 bits per heavy atom. The molecule has 4 aromatic rings. The summed E-state index contributed by atoms with van der Waals surface area (Å²) in [7, 11) is 0. The number of aryl methyl sites for hydroxylation is 2. The third-order valence-electron chi connectivity index (χ3n) is 5.26. The minimum absolute atomic E-state index is 0.349. The number of hydrogen-bond donors (Lipinski definition) is 0. The van der Waals surface area contributed by atoms with Crippen molar-refractivity contribution >= 4 is 10.8 Å². The fourth-order valence-electron chi connectivity index (χ4n) is 3.66. The van der Waals surface area contributed by atoms with E-state index in [0.29, 0.717) is 58.2 Å². The highest BCUT2D eigenvalue weighted by atomic mass is 19.2. The van der Waals surface area contributed by atoms with Crippen molar-refractivity contribution in [2.45, 2.75) is 19.8 Å². The van der Waals surface area contributed by atoms with Crippen LogP contribution in [0.4, 0.5) is 17.6 Å². The van der Waals surface area contributed by atoms with Crippen molar-refractivity contribution in [3.8, 4) is 16.9 Å². The number of rotatable bonds is 6. The summed E-state index contributed by atoms with van der Waals surface area (Å²) in [5, 5.41) is 1.08. The lowest BCUT2D eigenvalue weighted by atomic mass is 9.97. The minimum atomic E-state index is -0.912. The lowest BCUT2D eigenvalue weighted by Crippen LogP contribution is -1.97. The molecule has 0 saturated heterocycles. The molecule has 0 saturated carbocycles. The average molecular weight is 424 g/mol. The maximum atomic E-state index is 15.0. The van der Waals surface area contributed by atoms with E-state index >= 15 is 4.39 Å². The second kappa shape index (κ2) is 8.80. The fraction of sp³-hybridized carbons (Fsp3) is 0.154. The van der Waals surface area contributed by atoms with Crippen LogP contribution in [0.25, 0.3) is 21.9 Å². The molecule has 1 nitrogen and oxygen atoms in total. The van der Waals surface area contributed by atoms with E-state index < -0.39 is 17.5 Å². The Morgan fingerprint density at radius 2 is 1.55 bits per heavy atom. The Balaban J connectivity index is 1.60. The van der Waals surface area contributed by atoms with E-state index in [-0.39, 0.29) is 5.82 Å². The van der Waals surface area contributed by atoms with Gasteiger partial charge in [0.05, 0.1) is 6.61 Å². The van der Waals surface area contributed by atoms with E-state index in [9.17, 15) is 13.2 Å². The van der Waals surface area contributed by atoms with Crippen molar-refractivity contribution in [3.05, 3.63) is 101 Å². The monoisotopic (exact) mass is 424 g/mol. The molecule has 4 rings (SSSR count). The minimum Gasteiger partial charge on any atom is -0.494 e. The van der Waals surface area contributed by atoms with Crippen LogP contribution in [0.3, 0.4) is 0 Å². The van der Waals surface area contributed by atoms with Crippen molar-refractivity contribution in [1.29, 1.82) is 0 Å². The summed E-state index contributed by atoms with van der Waals surface area (Å²) in [5.74, 6) is -2.13. The lowest BCUT2D eigenvalue weighted by molar-refractivity contribution is 0.338. The predicted molar refractivity (Wildman–Crippen MR) is 114 cm³/mol. The highest BCUT2D eigenvalue weighted by molar-refractivity contribution is 5.88. The van der Waals surface area contributed by atoms with Gasteiger partial charge in [-0.05, 0) is 72.2 Å². The third-order valence-corrected chi connectivity index (χ3v) is 5.26. The van der Waals surface area contributed by atoms with Crippen LogP contribution in [-0.2, 0) is 12.8 Å². The molecule has 0 heterocycles. The third kappa shape index (κ3) is 4.41. The van der Waals surface area contributed by atoms with Crippen LogP contribution >= 0.6 is 0 Å². The van der Waals surface area contributed by atoms with E-state index in [1.54, 1.807) is 42.5 Å². The summed E-state index contributed by atoms with van der Waals surface area (Å²) in [6, 6.07) is 16.9. The standard InChI is InChI=1S/C26H20F4O/c1-2-31-20-9-11-21(24(28)15-20)18-8-10-22-19(14-18)7-6-17(26(22)30)5-3-16-4-12-23(27)25(29)13-16/h4,6-15H,2-3,5H2,1H3. The normalized spacial score (nSPS) is 11.1. The van der Waals surface area contributed by atoms with Gasteiger partial charge in [0.15, 0.2) is 11.6 Å². The molecule has 0 aromatic heterocycles. The molecule has 5 heteroatoms. The Labute approximate surface area is 177 Å². The maximum absolute atomic E-state index is 15.0. The summed E-state index contributed by atoms with van der Waals surface area (Å²) >= 11 is 0. The van der Waals surface area contributed by atoms with Gasteiger partial charge in [0.25, 0.3) is 0 Å². The van der Waals surface area contributed by atoms with Gasteiger partial charge in [-0.1, -0.05) is 30.3 Å². The maximum Gasteiger partial charge on any atom is 0.159 e. The molecule has 0 unspecified atom stereocenters. The van der Waals surface area contributed by atoms with Crippen LogP contribution in [0, 0.1) is 23.3 Å². The van der Waals surface area contributed by atoms with Gasteiger partial charge in [0, 0.05) is 17.0 Å². The highest BCUT2D eigenvalue weighted by Crippen LogP contribution is 2.31. The van der Waals surface area contributed by atoms with Crippen LogP contribution < -0.4 is 4.74 Å². The molecule has 158 valence electrons. The summed E-state index contributed by atoms with van der Waals surface area (Å²) in [6.07, 6.45) is 0.733. The second-order valence-electron chi connectivity index (χ2n) is 7.30. The van der Waals surface area contributed by atoms with Gasteiger partial charge in [-0.3, -0.25) is 0 Å². The first-order valence-electron chi connectivity index (χ1n) is 10.0. The molecular weight excluding hydrogens is 404 g/mol. The molecule has 0 atom stereocenters. The van der Waals surface area contributed by atoms with Crippen LogP contribution in [0.15, 0.2) is 66.7 Å². The van der Waals surface area contributed by atoms with Crippen molar-refractivity contribution < 1.29 is 22.3 Å². The van der Waals surface area contributed by atoms with Crippen molar-refractivity contribution in [3.63, 3.8) is 0 Å². The van der Waals surface area contributed by atoms with E-state index in [1.807, 2.05) is 6.92 Å². The number of halogens is 4. The molecule has 0 aliphatic heterocycles. The molecular formula is C26H20F4O. The van der Waals surface area contributed by atoms with Crippen LogP contribution in [0.2, 0.25) is 0 Å². The summed E-state index contributed by atoms with van der Waals surface area (Å²) in [5.41, 5.74) is 2.13. The lowest BCUT2D eigenvalue weighted by Gasteiger charge is -2.10.